The van der Waals surface area contributed by atoms with Crippen LogP contribution in [0.3, 0.4) is 0 Å². The number of hydrazone groups is 1. The number of nitrogens with one attached hydrogen (secondary N) is 1. The van der Waals surface area contributed by atoms with E-state index < -0.39 is 0 Å². The maximum Gasteiger partial charge on any atom is 0.338 e. The Morgan fingerprint density at radius 1 is 1.04 bits per heavy atom. The molecule has 0 bridgehead atoms. The van der Waals surface area contributed by atoms with E-state index in [4.69, 9.17) is 4.74 Å². The maximum absolute atomic E-state index is 11.7. The van der Waals surface area contributed by atoms with Crippen molar-refractivity contribution in [2.24, 2.45) is 5.10 Å². The first-order valence-corrected chi connectivity index (χ1v) is 7.93. The molecular formula is C20H20N2O3. The van der Waals surface area contributed by atoms with Crippen molar-refractivity contribution in [3.05, 3.63) is 76.9 Å². The SMILES string of the molecule is CCOC(=O)c1ccc(/C=N\NC(=O)/C=C/c2ccc(C)cc2)cc1. The smallest absolute Gasteiger partial charge is 0.338 e. The van der Waals surface area contributed by atoms with Crippen molar-refractivity contribution in [3.8, 4) is 0 Å². The molecule has 128 valence electrons. The van der Waals surface area contributed by atoms with Crippen LogP contribution < -0.4 is 5.43 Å². The van der Waals surface area contributed by atoms with E-state index >= 15 is 0 Å². The van der Waals surface area contributed by atoms with Crippen LogP contribution in [0, 0.1) is 6.92 Å². The Morgan fingerprint density at radius 2 is 1.68 bits per heavy atom. The molecule has 2 rings (SSSR count). The molecule has 0 aliphatic heterocycles. The van der Waals surface area contributed by atoms with Crippen LogP contribution in [0.15, 0.2) is 59.7 Å². The van der Waals surface area contributed by atoms with Gasteiger partial charge in [-0.25, -0.2) is 10.2 Å². The molecule has 0 spiro atoms. The number of ether oxygens (including phenoxy) is 1. The van der Waals surface area contributed by atoms with Gasteiger partial charge in [-0.15, -0.1) is 0 Å². The van der Waals surface area contributed by atoms with Gasteiger partial charge in [0.2, 0.25) is 0 Å². The van der Waals surface area contributed by atoms with Crippen LogP contribution >= 0.6 is 0 Å². The number of hydrogen-bond donors (Lipinski definition) is 1. The Kier molecular flexibility index (Phi) is 6.65. The third-order valence-electron chi connectivity index (χ3n) is 3.31. The topological polar surface area (TPSA) is 67.8 Å². The highest BCUT2D eigenvalue weighted by Gasteiger charge is 2.04. The lowest BCUT2D eigenvalue weighted by Gasteiger charge is -2.01. The first kappa shape index (κ1) is 18.1. The predicted molar refractivity (Wildman–Crippen MR) is 98.3 cm³/mol. The van der Waals surface area contributed by atoms with E-state index in [1.165, 1.54) is 17.9 Å². The first-order valence-electron chi connectivity index (χ1n) is 7.93. The maximum atomic E-state index is 11.7. The van der Waals surface area contributed by atoms with E-state index in [0.29, 0.717) is 12.2 Å². The molecule has 25 heavy (non-hydrogen) atoms. The second kappa shape index (κ2) is 9.17. The van der Waals surface area contributed by atoms with Crippen LogP contribution in [0.25, 0.3) is 6.08 Å². The van der Waals surface area contributed by atoms with Crippen LogP contribution in [0.5, 0.6) is 0 Å². The molecular weight excluding hydrogens is 316 g/mol. The van der Waals surface area contributed by atoms with Gasteiger partial charge < -0.3 is 4.74 Å². The van der Waals surface area contributed by atoms with Crippen LogP contribution in [-0.4, -0.2) is 24.7 Å². The number of nitrogens with zero attached hydrogens (tertiary/aromatic N) is 1. The van der Waals surface area contributed by atoms with Gasteiger partial charge in [0.25, 0.3) is 5.91 Å². The molecule has 2 aromatic carbocycles. The third-order valence-corrected chi connectivity index (χ3v) is 3.31. The first-order chi connectivity index (χ1) is 12.1. The van der Waals surface area contributed by atoms with Gasteiger partial charge in [0, 0.05) is 6.08 Å². The largest absolute Gasteiger partial charge is 0.462 e. The van der Waals surface area contributed by atoms with Gasteiger partial charge in [0.05, 0.1) is 18.4 Å². The highest BCUT2D eigenvalue weighted by atomic mass is 16.5. The van der Waals surface area contributed by atoms with E-state index in [1.807, 2.05) is 31.2 Å². The van der Waals surface area contributed by atoms with E-state index in [2.05, 4.69) is 10.5 Å². The molecule has 5 nitrogen and oxygen atoms in total. The molecule has 0 saturated carbocycles. The minimum Gasteiger partial charge on any atom is -0.462 e. The number of hydrogen-bond acceptors (Lipinski definition) is 4. The van der Waals surface area contributed by atoms with Crippen LogP contribution in [0.1, 0.15) is 34.0 Å². The molecule has 0 fully saturated rings. The standard InChI is InChI=1S/C20H20N2O3/c1-3-25-20(24)18-11-8-17(9-12-18)14-21-22-19(23)13-10-16-6-4-15(2)5-7-16/h4-14H,3H2,1-2H3,(H,22,23)/b13-10+,21-14-. The van der Waals surface area contributed by atoms with E-state index in [1.54, 1.807) is 37.3 Å². The molecule has 0 aliphatic carbocycles. The minimum atomic E-state index is -0.361. The monoisotopic (exact) mass is 336 g/mol. The van der Waals surface area contributed by atoms with Crippen molar-refractivity contribution in [2.45, 2.75) is 13.8 Å². The average Bonchev–Trinajstić information content (AvgIpc) is 2.62. The lowest BCUT2D eigenvalue weighted by Crippen LogP contribution is -2.14. The minimum absolute atomic E-state index is 0.319. The number of benzene rings is 2. The van der Waals surface area contributed by atoms with Gasteiger partial charge in [0.15, 0.2) is 0 Å². The Hall–Kier alpha value is -3.21. The van der Waals surface area contributed by atoms with Crippen molar-refractivity contribution >= 4 is 24.2 Å². The molecule has 5 heteroatoms. The predicted octanol–water partition coefficient (Wildman–Crippen LogP) is 3.34. The quantitative estimate of drug-likeness (QED) is 0.381. The molecule has 0 aromatic heterocycles. The van der Waals surface area contributed by atoms with E-state index in [-0.39, 0.29) is 11.9 Å². The Balaban J connectivity index is 1.86. The molecule has 0 heterocycles. The summed E-state index contributed by atoms with van der Waals surface area (Å²) in [7, 11) is 0. The molecule has 0 unspecified atom stereocenters. The Labute approximate surface area is 147 Å². The summed E-state index contributed by atoms with van der Waals surface area (Å²) in [5.41, 5.74) is 5.77. The van der Waals surface area contributed by atoms with Gasteiger partial charge >= 0.3 is 5.97 Å². The summed E-state index contributed by atoms with van der Waals surface area (Å²) >= 11 is 0. The van der Waals surface area contributed by atoms with Gasteiger partial charge in [-0.05, 0) is 43.2 Å². The van der Waals surface area contributed by atoms with Gasteiger partial charge in [0.1, 0.15) is 0 Å². The van der Waals surface area contributed by atoms with Crippen LogP contribution in [-0.2, 0) is 9.53 Å². The summed E-state index contributed by atoms with van der Waals surface area (Å²) < 4.78 is 4.91. The fraction of sp³-hybridized carbons (Fsp3) is 0.150. The fourth-order valence-corrected chi connectivity index (χ4v) is 1.98. The zero-order chi connectivity index (χ0) is 18.1. The van der Waals surface area contributed by atoms with Crippen molar-refractivity contribution < 1.29 is 14.3 Å². The van der Waals surface area contributed by atoms with Crippen molar-refractivity contribution in [3.63, 3.8) is 0 Å². The number of amides is 1. The van der Waals surface area contributed by atoms with Crippen molar-refractivity contribution in [1.29, 1.82) is 0 Å². The number of carbonyl (C=O) groups is 2. The summed E-state index contributed by atoms with van der Waals surface area (Å²) in [5, 5.41) is 3.89. The second-order valence-corrected chi connectivity index (χ2v) is 5.32. The fourth-order valence-electron chi connectivity index (χ4n) is 1.98. The van der Waals surface area contributed by atoms with Crippen LogP contribution in [0.2, 0.25) is 0 Å². The van der Waals surface area contributed by atoms with Gasteiger partial charge in [-0.1, -0.05) is 42.0 Å². The molecule has 2 aromatic rings. The molecule has 0 radical (unpaired) electrons. The molecule has 1 amide bonds. The zero-order valence-electron chi connectivity index (χ0n) is 14.2. The number of esters is 1. The molecule has 0 saturated heterocycles. The second-order valence-electron chi connectivity index (χ2n) is 5.32. The Bertz CT molecular complexity index is 776. The molecule has 0 aliphatic rings. The highest BCUT2D eigenvalue weighted by Crippen LogP contribution is 2.05. The number of aryl methyl sites for hydroxylation is 1. The zero-order valence-corrected chi connectivity index (χ0v) is 14.2. The number of rotatable bonds is 6. The van der Waals surface area contributed by atoms with Gasteiger partial charge in [-0.2, -0.15) is 5.10 Å². The van der Waals surface area contributed by atoms with Crippen LogP contribution in [0.4, 0.5) is 0 Å². The lowest BCUT2D eigenvalue weighted by atomic mass is 10.1. The van der Waals surface area contributed by atoms with Crippen molar-refractivity contribution in [1.82, 2.24) is 5.43 Å². The van der Waals surface area contributed by atoms with Crippen molar-refractivity contribution in [2.75, 3.05) is 6.61 Å². The summed E-state index contributed by atoms with van der Waals surface area (Å²) in [6.07, 6.45) is 4.65. The van der Waals surface area contributed by atoms with Gasteiger partial charge in [-0.3, -0.25) is 4.79 Å². The van der Waals surface area contributed by atoms with E-state index in [9.17, 15) is 9.59 Å². The molecule has 1 N–H and O–H groups in total. The molecule has 0 atom stereocenters. The highest BCUT2D eigenvalue weighted by molar-refractivity contribution is 5.93. The number of carbonyl (C=O) groups excluding carboxylic acids is 2. The third kappa shape index (κ3) is 6.06. The summed E-state index contributed by atoms with van der Waals surface area (Å²) in [5.74, 6) is -0.680. The summed E-state index contributed by atoms with van der Waals surface area (Å²) in [6.45, 7) is 4.10. The normalized spacial score (nSPS) is 11.0. The Morgan fingerprint density at radius 3 is 2.32 bits per heavy atom. The summed E-state index contributed by atoms with van der Waals surface area (Å²) in [4.78, 5) is 23.3. The van der Waals surface area contributed by atoms with E-state index in [0.717, 1.165) is 11.1 Å². The lowest BCUT2D eigenvalue weighted by molar-refractivity contribution is -0.116. The summed E-state index contributed by atoms with van der Waals surface area (Å²) in [6, 6.07) is 14.6. The average molecular weight is 336 g/mol.